The Kier molecular flexibility index (Phi) is 4.78. The molecule has 1 saturated heterocycles. The van der Waals surface area contributed by atoms with Crippen molar-refractivity contribution in [2.45, 2.75) is 19.3 Å². The standard InChI is InChI=1S/C9H18N2O2/c10-9(11)3-6-13-7-8-1-4-12-5-2-8/h8H,1-7H2,(H3,10,11). The highest BCUT2D eigenvalue weighted by Crippen LogP contribution is 2.14. The van der Waals surface area contributed by atoms with Crippen molar-refractivity contribution in [3.05, 3.63) is 0 Å². The average Bonchev–Trinajstić information content (AvgIpc) is 2.14. The van der Waals surface area contributed by atoms with E-state index in [4.69, 9.17) is 20.6 Å². The van der Waals surface area contributed by atoms with E-state index in [1.807, 2.05) is 0 Å². The number of hydrogen-bond donors (Lipinski definition) is 2. The summed E-state index contributed by atoms with van der Waals surface area (Å²) in [5, 5.41) is 6.99. The van der Waals surface area contributed by atoms with Crippen LogP contribution in [0, 0.1) is 11.3 Å². The third kappa shape index (κ3) is 4.85. The van der Waals surface area contributed by atoms with Gasteiger partial charge in [-0.15, -0.1) is 0 Å². The highest BCUT2D eigenvalue weighted by molar-refractivity contribution is 5.76. The van der Waals surface area contributed by atoms with Gasteiger partial charge in [-0.05, 0) is 18.8 Å². The van der Waals surface area contributed by atoms with Gasteiger partial charge in [0.2, 0.25) is 0 Å². The molecule has 1 aliphatic heterocycles. The van der Waals surface area contributed by atoms with Crippen LogP contribution in [0.4, 0.5) is 0 Å². The first-order valence-electron chi connectivity index (χ1n) is 4.77. The van der Waals surface area contributed by atoms with Gasteiger partial charge in [0.25, 0.3) is 0 Å². The molecule has 3 N–H and O–H groups in total. The largest absolute Gasteiger partial charge is 0.388 e. The Morgan fingerprint density at radius 3 is 2.77 bits per heavy atom. The van der Waals surface area contributed by atoms with Gasteiger partial charge in [-0.25, -0.2) is 0 Å². The Balaban J connectivity index is 1.95. The summed E-state index contributed by atoms with van der Waals surface area (Å²) in [6, 6.07) is 0. The second kappa shape index (κ2) is 5.94. The first-order valence-corrected chi connectivity index (χ1v) is 4.77. The van der Waals surface area contributed by atoms with E-state index in [0.717, 1.165) is 32.7 Å². The van der Waals surface area contributed by atoms with Crippen LogP contribution in [0.15, 0.2) is 0 Å². The zero-order chi connectivity index (χ0) is 9.52. The molecule has 0 atom stereocenters. The molecule has 0 spiro atoms. The minimum absolute atomic E-state index is 0.201. The van der Waals surface area contributed by atoms with E-state index in [1.54, 1.807) is 0 Å². The first kappa shape index (κ1) is 10.5. The van der Waals surface area contributed by atoms with E-state index in [-0.39, 0.29) is 5.84 Å². The highest BCUT2D eigenvalue weighted by Gasteiger charge is 2.13. The van der Waals surface area contributed by atoms with E-state index in [0.29, 0.717) is 18.9 Å². The van der Waals surface area contributed by atoms with E-state index in [9.17, 15) is 0 Å². The van der Waals surface area contributed by atoms with Crippen LogP contribution >= 0.6 is 0 Å². The van der Waals surface area contributed by atoms with Gasteiger partial charge in [0.05, 0.1) is 12.4 Å². The summed E-state index contributed by atoms with van der Waals surface area (Å²) in [5.41, 5.74) is 5.19. The molecule has 0 amide bonds. The van der Waals surface area contributed by atoms with Crippen molar-refractivity contribution in [2.75, 3.05) is 26.4 Å². The molecule has 0 aromatic carbocycles. The summed E-state index contributed by atoms with van der Waals surface area (Å²) in [6.45, 7) is 3.09. The van der Waals surface area contributed by atoms with Crippen LogP contribution in [0.1, 0.15) is 19.3 Å². The van der Waals surface area contributed by atoms with Crippen LogP contribution < -0.4 is 5.73 Å². The van der Waals surface area contributed by atoms with Crippen LogP contribution in [0.25, 0.3) is 0 Å². The molecule has 1 fully saturated rings. The number of rotatable bonds is 5. The fraction of sp³-hybridized carbons (Fsp3) is 0.889. The number of ether oxygens (including phenoxy) is 2. The van der Waals surface area contributed by atoms with Crippen molar-refractivity contribution >= 4 is 5.84 Å². The maximum Gasteiger partial charge on any atom is 0.0928 e. The first-order chi connectivity index (χ1) is 6.29. The molecule has 0 saturated carbocycles. The predicted molar refractivity (Wildman–Crippen MR) is 50.9 cm³/mol. The lowest BCUT2D eigenvalue weighted by atomic mass is 10.0. The maximum absolute atomic E-state index is 6.99. The number of nitrogens with one attached hydrogen (secondary N) is 1. The highest BCUT2D eigenvalue weighted by atomic mass is 16.5. The fourth-order valence-electron chi connectivity index (χ4n) is 1.35. The van der Waals surface area contributed by atoms with Gasteiger partial charge in [0.1, 0.15) is 0 Å². The van der Waals surface area contributed by atoms with Gasteiger partial charge in [0.15, 0.2) is 0 Å². The number of hydrogen-bond acceptors (Lipinski definition) is 3. The van der Waals surface area contributed by atoms with Gasteiger partial charge >= 0.3 is 0 Å². The summed E-state index contributed by atoms with van der Waals surface area (Å²) in [5.74, 6) is 0.840. The van der Waals surface area contributed by atoms with Crippen LogP contribution in [0.3, 0.4) is 0 Å². The Labute approximate surface area is 78.9 Å². The molecule has 4 nitrogen and oxygen atoms in total. The van der Waals surface area contributed by atoms with Gasteiger partial charge < -0.3 is 15.2 Å². The molecule has 4 heteroatoms. The Bertz CT molecular complexity index is 156. The Hall–Kier alpha value is -0.610. The monoisotopic (exact) mass is 186 g/mol. The molecule has 13 heavy (non-hydrogen) atoms. The second-order valence-corrected chi connectivity index (χ2v) is 3.41. The molecular weight excluding hydrogens is 168 g/mol. The molecule has 1 heterocycles. The molecule has 0 aliphatic carbocycles. The van der Waals surface area contributed by atoms with E-state index in [1.165, 1.54) is 0 Å². The average molecular weight is 186 g/mol. The predicted octanol–water partition coefficient (Wildman–Crippen LogP) is 0.756. The van der Waals surface area contributed by atoms with E-state index in [2.05, 4.69) is 0 Å². The normalized spacial score (nSPS) is 18.8. The summed E-state index contributed by atoms with van der Waals surface area (Å²) >= 11 is 0. The lowest BCUT2D eigenvalue weighted by Gasteiger charge is -2.21. The summed E-state index contributed by atoms with van der Waals surface area (Å²) in [6.07, 6.45) is 2.74. The molecular formula is C9H18N2O2. The molecule has 0 radical (unpaired) electrons. The Morgan fingerprint density at radius 2 is 2.15 bits per heavy atom. The van der Waals surface area contributed by atoms with Crippen LogP contribution in [-0.2, 0) is 9.47 Å². The third-order valence-electron chi connectivity index (χ3n) is 2.21. The van der Waals surface area contributed by atoms with E-state index >= 15 is 0 Å². The van der Waals surface area contributed by atoms with Crippen LogP contribution in [0.2, 0.25) is 0 Å². The molecule has 1 aliphatic rings. The summed E-state index contributed by atoms with van der Waals surface area (Å²) in [7, 11) is 0. The van der Waals surface area contributed by atoms with Crippen molar-refractivity contribution in [3.8, 4) is 0 Å². The van der Waals surface area contributed by atoms with Crippen molar-refractivity contribution in [1.82, 2.24) is 0 Å². The van der Waals surface area contributed by atoms with Crippen LogP contribution in [0.5, 0.6) is 0 Å². The quantitative estimate of drug-likeness (QED) is 0.378. The zero-order valence-electron chi connectivity index (χ0n) is 7.92. The van der Waals surface area contributed by atoms with Crippen molar-refractivity contribution in [3.63, 3.8) is 0 Å². The fourth-order valence-corrected chi connectivity index (χ4v) is 1.35. The molecule has 0 aromatic rings. The second-order valence-electron chi connectivity index (χ2n) is 3.41. The van der Waals surface area contributed by atoms with Gasteiger partial charge in [-0.2, -0.15) is 0 Å². The number of amidine groups is 1. The molecule has 0 unspecified atom stereocenters. The molecule has 1 rings (SSSR count). The molecule has 76 valence electrons. The third-order valence-corrected chi connectivity index (χ3v) is 2.21. The number of nitrogens with two attached hydrogens (primary N) is 1. The van der Waals surface area contributed by atoms with Crippen LogP contribution in [-0.4, -0.2) is 32.3 Å². The molecule has 0 aromatic heterocycles. The SMILES string of the molecule is N=C(N)CCOCC1CCOCC1. The van der Waals surface area contributed by atoms with Crippen molar-refractivity contribution < 1.29 is 9.47 Å². The van der Waals surface area contributed by atoms with Crippen molar-refractivity contribution in [1.29, 1.82) is 5.41 Å². The zero-order valence-corrected chi connectivity index (χ0v) is 7.92. The minimum atomic E-state index is 0.201. The van der Waals surface area contributed by atoms with Gasteiger partial charge in [0, 0.05) is 26.2 Å². The summed E-state index contributed by atoms with van der Waals surface area (Å²) < 4.78 is 10.6. The molecule has 0 bridgehead atoms. The minimum Gasteiger partial charge on any atom is -0.388 e. The van der Waals surface area contributed by atoms with E-state index < -0.39 is 0 Å². The summed E-state index contributed by atoms with van der Waals surface area (Å²) in [4.78, 5) is 0. The maximum atomic E-state index is 6.99. The lowest BCUT2D eigenvalue weighted by Crippen LogP contribution is -2.21. The Morgan fingerprint density at radius 1 is 1.46 bits per heavy atom. The smallest absolute Gasteiger partial charge is 0.0928 e. The van der Waals surface area contributed by atoms with Crippen molar-refractivity contribution in [2.24, 2.45) is 11.7 Å². The lowest BCUT2D eigenvalue weighted by molar-refractivity contribution is 0.0222. The van der Waals surface area contributed by atoms with Gasteiger partial charge in [-0.3, -0.25) is 5.41 Å². The topological polar surface area (TPSA) is 68.3 Å². The van der Waals surface area contributed by atoms with Gasteiger partial charge in [-0.1, -0.05) is 0 Å².